The van der Waals surface area contributed by atoms with E-state index >= 15 is 0 Å². The maximum atomic E-state index is 12.5. The highest BCUT2D eigenvalue weighted by atomic mass is 19.4. The minimum Gasteiger partial charge on any atom is -0.335 e. The molecule has 2 atom stereocenters. The SMILES string of the molecule is C[C@H](CCn1cncn1)NC(=O)N1CCN(CC(F)(F)F)[C@@H](C)C1. The van der Waals surface area contributed by atoms with Gasteiger partial charge in [-0.3, -0.25) is 9.58 Å². The van der Waals surface area contributed by atoms with Crippen LogP contribution in [0, 0.1) is 0 Å². The Morgan fingerprint density at radius 1 is 1.42 bits per heavy atom. The van der Waals surface area contributed by atoms with E-state index in [0.29, 0.717) is 19.5 Å². The van der Waals surface area contributed by atoms with Crippen LogP contribution in [0.3, 0.4) is 0 Å². The molecule has 0 spiro atoms. The van der Waals surface area contributed by atoms with Crippen molar-refractivity contribution in [2.75, 3.05) is 26.2 Å². The number of hydrogen-bond donors (Lipinski definition) is 1. The fourth-order valence-electron chi connectivity index (χ4n) is 2.69. The van der Waals surface area contributed by atoms with Gasteiger partial charge in [0.1, 0.15) is 12.7 Å². The fraction of sp³-hybridized carbons (Fsp3) is 0.786. The fourth-order valence-corrected chi connectivity index (χ4v) is 2.69. The van der Waals surface area contributed by atoms with Crippen LogP contribution in [0.4, 0.5) is 18.0 Å². The molecule has 24 heavy (non-hydrogen) atoms. The van der Waals surface area contributed by atoms with Gasteiger partial charge in [-0.2, -0.15) is 18.3 Å². The molecule has 2 heterocycles. The second-order valence-electron chi connectivity index (χ2n) is 6.18. The zero-order valence-corrected chi connectivity index (χ0v) is 13.8. The molecule has 1 saturated heterocycles. The van der Waals surface area contributed by atoms with Crippen molar-refractivity contribution < 1.29 is 18.0 Å². The van der Waals surface area contributed by atoms with Crippen LogP contribution >= 0.6 is 0 Å². The van der Waals surface area contributed by atoms with Gasteiger partial charge in [0.05, 0.1) is 6.54 Å². The molecule has 0 unspecified atom stereocenters. The Hall–Kier alpha value is -1.84. The average molecular weight is 348 g/mol. The standard InChI is InChI=1S/C14H23F3N6O/c1-11(3-4-23-10-18-9-19-23)20-13(24)21-5-6-22(12(2)7-21)8-14(15,16)17/h9-12H,3-8H2,1-2H3,(H,20,24)/t11-,12+/m1/s1. The summed E-state index contributed by atoms with van der Waals surface area (Å²) in [6.45, 7) is 4.10. The maximum absolute atomic E-state index is 12.5. The molecule has 1 aliphatic heterocycles. The van der Waals surface area contributed by atoms with Crippen LogP contribution in [0.25, 0.3) is 0 Å². The van der Waals surface area contributed by atoms with Gasteiger partial charge in [-0.05, 0) is 20.3 Å². The minimum atomic E-state index is -4.21. The average Bonchev–Trinajstić information content (AvgIpc) is 2.99. The molecule has 0 radical (unpaired) electrons. The van der Waals surface area contributed by atoms with Gasteiger partial charge in [0.25, 0.3) is 0 Å². The van der Waals surface area contributed by atoms with Gasteiger partial charge in [0.2, 0.25) is 0 Å². The summed E-state index contributed by atoms with van der Waals surface area (Å²) in [6.07, 6.45) is -0.464. The third-order valence-corrected chi connectivity index (χ3v) is 4.06. The van der Waals surface area contributed by atoms with E-state index in [-0.39, 0.29) is 31.2 Å². The van der Waals surface area contributed by atoms with Gasteiger partial charge in [-0.25, -0.2) is 9.78 Å². The Bertz CT molecular complexity index is 521. The zero-order valence-electron chi connectivity index (χ0n) is 13.8. The Morgan fingerprint density at radius 3 is 2.75 bits per heavy atom. The Kier molecular flexibility index (Phi) is 6.03. The first kappa shape index (κ1) is 18.5. The van der Waals surface area contributed by atoms with E-state index < -0.39 is 12.7 Å². The monoisotopic (exact) mass is 348 g/mol. The van der Waals surface area contributed by atoms with Gasteiger partial charge < -0.3 is 10.2 Å². The van der Waals surface area contributed by atoms with Crippen LogP contribution in [0.15, 0.2) is 12.7 Å². The van der Waals surface area contributed by atoms with E-state index in [0.717, 1.165) is 0 Å². The molecule has 0 bridgehead atoms. The molecule has 2 amide bonds. The number of nitrogens with one attached hydrogen (secondary N) is 1. The summed E-state index contributed by atoms with van der Waals surface area (Å²) in [5.41, 5.74) is 0. The molecule has 0 aromatic carbocycles. The number of urea groups is 1. The molecule has 1 aliphatic rings. The molecule has 1 fully saturated rings. The topological polar surface area (TPSA) is 66.3 Å². The summed E-state index contributed by atoms with van der Waals surface area (Å²) < 4.78 is 39.2. The van der Waals surface area contributed by atoms with Crippen molar-refractivity contribution in [2.45, 2.75) is 45.1 Å². The third kappa shape index (κ3) is 5.66. The quantitative estimate of drug-likeness (QED) is 0.872. The molecule has 0 aliphatic carbocycles. The summed E-state index contributed by atoms with van der Waals surface area (Å²) in [5.74, 6) is 0. The highest BCUT2D eigenvalue weighted by Crippen LogP contribution is 2.20. The summed E-state index contributed by atoms with van der Waals surface area (Å²) in [7, 11) is 0. The van der Waals surface area contributed by atoms with Crippen molar-refractivity contribution in [3.63, 3.8) is 0 Å². The molecule has 136 valence electrons. The van der Waals surface area contributed by atoms with Crippen molar-refractivity contribution in [2.24, 2.45) is 0 Å². The van der Waals surface area contributed by atoms with Crippen LogP contribution in [0.2, 0.25) is 0 Å². The first-order chi connectivity index (χ1) is 11.2. The van der Waals surface area contributed by atoms with Gasteiger partial charge in [-0.1, -0.05) is 0 Å². The molecule has 10 heteroatoms. The lowest BCUT2D eigenvalue weighted by Gasteiger charge is -2.40. The number of piperazine rings is 1. The molecule has 2 rings (SSSR count). The Balaban J connectivity index is 1.75. The normalized spacial score (nSPS) is 20.9. The van der Waals surface area contributed by atoms with E-state index in [1.54, 1.807) is 22.8 Å². The van der Waals surface area contributed by atoms with Crippen molar-refractivity contribution in [3.05, 3.63) is 12.7 Å². The van der Waals surface area contributed by atoms with Gasteiger partial charge in [-0.15, -0.1) is 0 Å². The first-order valence-corrected chi connectivity index (χ1v) is 7.93. The number of nitrogens with zero attached hydrogens (tertiary/aromatic N) is 5. The van der Waals surface area contributed by atoms with E-state index in [1.165, 1.54) is 11.2 Å². The predicted molar refractivity (Wildman–Crippen MR) is 81.3 cm³/mol. The van der Waals surface area contributed by atoms with Crippen molar-refractivity contribution in [1.82, 2.24) is 29.9 Å². The Morgan fingerprint density at radius 2 is 2.17 bits per heavy atom. The van der Waals surface area contributed by atoms with E-state index in [9.17, 15) is 18.0 Å². The maximum Gasteiger partial charge on any atom is 0.401 e. The molecule has 1 aromatic heterocycles. The lowest BCUT2D eigenvalue weighted by atomic mass is 10.2. The van der Waals surface area contributed by atoms with Crippen molar-refractivity contribution in [1.29, 1.82) is 0 Å². The second kappa shape index (κ2) is 7.82. The van der Waals surface area contributed by atoms with E-state index in [2.05, 4.69) is 15.4 Å². The van der Waals surface area contributed by atoms with Gasteiger partial charge in [0.15, 0.2) is 0 Å². The molecular weight excluding hydrogens is 325 g/mol. The summed E-state index contributed by atoms with van der Waals surface area (Å²) >= 11 is 0. The lowest BCUT2D eigenvalue weighted by molar-refractivity contribution is -0.153. The van der Waals surface area contributed by atoms with E-state index in [1.807, 2.05) is 6.92 Å². The number of hydrogen-bond acceptors (Lipinski definition) is 4. The van der Waals surface area contributed by atoms with Crippen LogP contribution < -0.4 is 5.32 Å². The van der Waals surface area contributed by atoms with Crippen molar-refractivity contribution in [3.8, 4) is 0 Å². The van der Waals surface area contributed by atoms with E-state index in [4.69, 9.17) is 0 Å². The molecule has 7 nitrogen and oxygen atoms in total. The smallest absolute Gasteiger partial charge is 0.335 e. The van der Waals surface area contributed by atoms with Crippen LogP contribution in [0.5, 0.6) is 0 Å². The number of aryl methyl sites for hydroxylation is 1. The van der Waals surface area contributed by atoms with Gasteiger partial charge in [0, 0.05) is 38.3 Å². The zero-order chi connectivity index (χ0) is 17.7. The predicted octanol–water partition coefficient (Wildman–Crippen LogP) is 1.33. The number of carbonyl (C=O) groups is 1. The second-order valence-corrected chi connectivity index (χ2v) is 6.18. The highest BCUT2D eigenvalue weighted by Gasteiger charge is 2.36. The number of amides is 2. The summed E-state index contributed by atoms with van der Waals surface area (Å²) in [4.78, 5) is 19.0. The summed E-state index contributed by atoms with van der Waals surface area (Å²) in [6, 6.07) is -0.624. The highest BCUT2D eigenvalue weighted by molar-refractivity contribution is 5.74. The number of aromatic nitrogens is 3. The van der Waals surface area contributed by atoms with Crippen molar-refractivity contribution >= 4 is 6.03 Å². The Labute approximate surface area is 138 Å². The van der Waals surface area contributed by atoms with Crippen LogP contribution in [-0.4, -0.2) is 75.0 Å². The number of rotatable bonds is 5. The third-order valence-electron chi connectivity index (χ3n) is 4.06. The van der Waals surface area contributed by atoms with Crippen LogP contribution in [0.1, 0.15) is 20.3 Å². The largest absolute Gasteiger partial charge is 0.401 e. The molecular formula is C14H23F3N6O. The number of alkyl halides is 3. The molecule has 1 N–H and O–H groups in total. The lowest BCUT2D eigenvalue weighted by Crippen LogP contribution is -2.58. The first-order valence-electron chi connectivity index (χ1n) is 7.93. The van der Waals surface area contributed by atoms with Crippen LogP contribution in [-0.2, 0) is 6.54 Å². The molecule has 0 saturated carbocycles. The number of halogens is 3. The number of carbonyl (C=O) groups excluding carboxylic acids is 1. The summed E-state index contributed by atoms with van der Waals surface area (Å²) in [5, 5.41) is 6.87. The minimum absolute atomic E-state index is 0.0646. The molecule has 1 aromatic rings. The van der Waals surface area contributed by atoms with Gasteiger partial charge >= 0.3 is 12.2 Å².